The zero-order valence-corrected chi connectivity index (χ0v) is 13.4. The van der Waals surface area contributed by atoms with Crippen LogP contribution in [0.1, 0.15) is 37.7 Å². The van der Waals surface area contributed by atoms with Gasteiger partial charge in [-0.15, -0.1) is 0 Å². The molecule has 1 aliphatic heterocycles. The zero-order chi connectivity index (χ0) is 14.7. The summed E-state index contributed by atoms with van der Waals surface area (Å²) in [6, 6.07) is 9.42. The summed E-state index contributed by atoms with van der Waals surface area (Å²) >= 11 is 0. The molecule has 3 heteroatoms. The molecule has 116 valence electrons. The predicted molar refractivity (Wildman–Crippen MR) is 86.7 cm³/mol. The van der Waals surface area contributed by atoms with Crippen molar-refractivity contribution >= 4 is 0 Å². The van der Waals surface area contributed by atoms with E-state index in [-0.39, 0.29) is 0 Å². The van der Waals surface area contributed by atoms with Crippen LogP contribution in [0.15, 0.2) is 24.3 Å². The Balaban J connectivity index is 1.56. The van der Waals surface area contributed by atoms with Crippen LogP contribution in [-0.2, 0) is 6.54 Å². The van der Waals surface area contributed by atoms with Crippen LogP contribution in [0.3, 0.4) is 0 Å². The molecule has 0 unspecified atom stereocenters. The van der Waals surface area contributed by atoms with Crippen molar-refractivity contribution in [2.24, 2.45) is 0 Å². The fourth-order valence-electron chi connectivity index (χ4n) is 3.55. The quantitative estimate of drug-likeness (QED) is 0.828. The first-order valence-corrected chi connectivity index (χ1v) is 8.35. The second-order valence-corrected chi connectivity index (χ2v) is 6.81. The number of likely N-dealkylation sites (tertiary alicyclic amines) is 1. The molecule has 0 spiro atoms. The maximum atomic E-state index is 6.11. The van der Waals surface area contributed by atoms with Gasteiger partial charge in [0.2, 0.25) is 0 Å². The molecule has 1 saturated carbocycles. The van der Waals surface area contributed by atoms with Crippen molar-refractivity contribution in [2.75, 3.05) is 27.2 Å². The molecule has 0 bridgehead atoms. The van der Waals surface area contributed by atoms with E-state index >= 15 is 0 Å². The average molecular weight is 288 g/mol. The van der Waals surface area contributed by atoms with E-state index in [1.165, 1.54) is 50.8 Å². The second kappa shape index (κ2) is 6.80. The standard InChI is InChI=1S/C18H28N2O/c1-19(2)16-10-11-20(14-16)13-15-6-5-9-18(12-15)21-17-7-3-4-8-17/h5-6,9,12,16-17H,3-4,7-8,10-11,13-14H2,1-2H3/t16-/m0/s1. The van der Waals surface area contributed by atoms with Gasteiger partial charge >= 0.3 is 0 Å². The van der Waals surface area contributed by atoms with Crippen LogP contribution in [0.5, 0.6) is 5.75 Å². The highest BCUT2D eigenvalue weighted by Crippen LogP contribution is 2.25. The highest BCUT2D eigenvalue weighted by atomic mass is 16.5. The van der Waals surface area contributed by atoms with E-state index in [0.29, 0.717) is 12.1 Å². The molecule has 1 aromatic rings. The lowest BCUT2D eigenvalue weighted by Gasteiger charge is -2.20. The molecule has 1 atom stereocenters. The van der Waals surface area contributed by atoms with Gasteiger partial charge in [-0.1, -0.05) is 12.1 Å². The van der Waals surface area contributed by atoms with Crippen molar-refractivity contribution in [3.05, 3.63) is 29.8 Å². The zero-order valence-electron chi connectivity index (χ0n) is 13.4. The maximum Gasteiger partial charge on any atom is 0.120 e. The van der Waals surface area contributed by atoms with Crippen LogP contribution in [0.25, 0.3) is 0 Å². The monoisotopic (exact) mass is 288 g/mol. The molecule has 3 rings (SSSR count). The lowest BCUT2D eigenvalue weighted by molar-refractivity contribution is 0.209. The lowest BCUT2D eigenvalue weighted by Crippen LogP contribution is -2.31. The molecule has 1 aliphatic carbocycles. The summed E-state index contributed by atoms with van der Waals surface area (Å²) < 4.78 is 6.11. The molecule has 0 aromatic heterocycles. The normalized spacial score (nSPS) is 24.0. The van der Waals surface area contributed by atoms with Crippen LogP contribution in [0.4, 0.5) is 0 Å². The first kappa shape index (κ1) is 14.9. The summed E-state index contributed by atoms with van der Waals surface area (Å²) in [6.07, 6.45) is 6.83. The highest BCUT2D eigenvalue weighted by Gasteiger charge is 2.24. The summed E-state index contributed by atoms with van der Waals surface area (Å²) in [7, 11) is 4.37. The Bertz CT molecular complexity index is 454. The van der Waals surface area contributed by atoms with Gasteiger partial charge in [0.05, 0.1) is 6.10 Å². The molecule has 1 saturated heterocycles. The molecule has 2 aliphatic rings. The Morgan fingerprint density at radius 2 is 2.00 bits per heavy atom. The Morgan fingerprint density at radius 1 is 1.19 bits per heavy atom. The maximum absolute atomic E-state index is 6.11. The number of benzene rings is 1. The summed E-state index contributed by atoms with van der Waals surface area (Å²) in [6.45, 7) is 3.43. The Labute approximate surface area is 128 Å². The van der Waals surface area contributed by atoms with E-state index in [0.717, 1.165) is 12.3 Å². The topological polar surface area (TPSA) is 15.7 Å². The van der Waals surface area contributed by atoms with Crippen molar-refractivity contribution in [3.8, 4) is 5.75 Å². The van der Waals surface area contributed by atoms with Gasteiger partial charge in [0.25, 0.3) is 0 Å². The SMILES string of the molecule is CN(C)[C@H]1CCN(Cc2cccc(OC3CCCC3)c2)C1. The minimum atomic E-state index is 0.449. The van der Waals surface area contributed by atoms with Gasteiger partial charge in [0.1, 0.15) is 5.75 Å². The third kappa shape index (κ3) is 3.98. The van der Waals surface area contributed by atoms with Gasteiger partial charge in [0, 0.05) is 25.7 Å². The largest absolute Gasteiger partial charge is 0.490 e. The molecule has 0 radical (unpaired) electrons. The smallest absolute Gasteiger partial charge is 0.120 e. The van der Waals surface area contributed by atoms with Gasteiger partial charge in [-0.25, -0.2) is 0 Å². The first-order chi connectivity index (χ1) is 10.2. The summed E-state index contributed by atoms with van der Waals surface area (Å²) in [5, 5.41) is 0. The molecule has 3 nitrogen and oxygen atoms in total. The molecule has 21 heavy (non-hydrogen) atoms. The Hall–Kier alpha value is -1.06. The van der Waals surface area contributed by atoms with E-state index in [9.17, 15) is 0 Å². The third-order valence-corrected chi connectivity index (χ3v) is 4.89. The van der Waals surface area contributed by atoms with E-state index in [1.807, 2.05) is 0 Å². The van der Waals surface area contributed by atoms with Crippen molar-refractivity contribution in [1.29, 1.82) is 0 Å². The number of likely N-dealkylation sites (N-methyl/N-ethyl adjacent to an activating group) is 1. The second-order valence-electron chi connectivity index (χ2n) is 6.81. The van der Waals surface area contributed by atoms with Gasteiger partial charge in [-0.05, 0) is 63.9 Å². The van der Waals surface area contributed by atoms with E-state index in [4.69, 9.17) is 4.74 Å². The molecular formula is C18H28N2O. The van der Waals surface area contributed by atoms with Gasteiger partial charge in [0.15, 0.2) is 0 Å². The molecule has 0 N–H and O–H groups in total. The lowest BCUT2D eigenvalue weighted by atomic mass is 10.2. The van der Waals surface area contributed by atoms with Gasteiger partial charge in [-0.2, -0.15) is 0 Å². The molecule has 1 heterocycles. The van der Waals surface area contributed by atoms with Crippen molar-refractivity contribution in [2.45, 2.75) is 50.8 Å². The van der Waals surface area contributed by atoms with E-state index < -0.39 is 0 Å². The summed E-state index contributed by atoms with van der Waals surface area (Å²) in [4.78, 5) is 4.90. The van der Waals surface area contributed by atoms with Gasteiger partial charge in [-0.3, -0.25) is 4.90 Å². The minimum Gasteiger partial charge on any atom is -0.490 e. The Morgan fingerprint density at radius 3 is 2.71 bits per heavy atom. The van der Waals surface area contributed by atoms with E-state index in [2.05, 4.69) is 48.2 Å². The first-order valence-electron chi connectivity index (χ1n) is 8.35. The Kier molecular flexibility index (Phi) is 4.81. The summed E-state index contributed by atoms with van der Waals surface area (Å²) in [5.74, 6) is 1.06. The van der Waals surface area contributed by atoms with Crippen LogP contribution < -0.4 is 4.74 Å². The molecule has 0 amide bonds. The van der Waals surface area contributed by atoms with E-state index in [1.54, 1.807) is 0 Å². The number of rotatable bonds is 5. The van der Waals surface area contributed by atoms with Gasteiger partial charge < -0.3 is 9.64 Å². The fourth-order valence-corrected chi connectivity index (χ4v) is 3.55. The van der Waals surface area contributed by atoms with Crippen LogP contribution >= 0.6 is 0 Å². The number of hydrogen-bond donors (Lipinski definition) is 0. The van der Waals surface area contributed by atoms with Crippen molar-refractivity contribution in [3.63, 3.8) is 0 Å². The fraction of sp³-hybridized carbons (Fsp3) is 0.667. The molecular weight excluding hydrogens is 260 g/mol. The van der Waals surface area contributed by atoms with Crippen LogP contribution in [0.2, 0.25) is 0 Å². The molecule has 2 fully saturated rings. The third-order valence-electron chi connectivity index (χ3n) is 4.89. The van der Waals surface area contributed by atoms with Crippen molar-refractivity contribution in [1.82, 2.24) is 9.80 Å². The average Bonchev–Trinajstić information content (AvgIpc) is 3.11. The van der Waals surface area contributed by atoms with Crippen LogP contribution in [-0.4, -0.2) is 49.1 Å². The molecule has 1 aromatic carbocycles. The minimum absolute atomic E-state index is 0.449. The number of nitrogens with zero attached hydrogens (tertiary/aromatic N) is 2. The number of hydrogen-bond acceptors (Lipinski definition) is 3. The highest BCUT2D eigenvalue weighted by molar-refractivity contribution is 5.28. The van der Waals surface area contributed by atoms with Crippen LogP contribution in [0, 0.1) is 0 Å². The summed E-state index contributed by atoms with van der Waals surface area (Å²) in [5.41, 5.74) is 1.38. The number of ether oxygens (including phenoxy) is 1. The predicted octanol–water partition coefficient (Wildman–Crippen LogP) is 3.14. The van der Waals surface area contributed by atoms with Crippen molar-refractivity contribution < 1.29 is 4.74 Å².